The number of hydrogen-bond acceptors (Lipinski definition) is 17. The molecular weight excluding hydrogens is 1070 g/mol. The van der Waals surface area contributed by atoms with E-state index in [0.717, 1.165) is 55.2 Å². The van der Waals surface area contributed by atoms with Crippen molar-refractivity contribution in [3.63, 3.8) is 0 Å². The van der Waals surface area contributed by atoms with E-state index in [9.17, 15) is 69.3 Å². The van der Waals surface area contributed by atoms with Crippen LogP contribution in [0, 0.1) is 11.8 Å². The first-order chi connectivity index (χ1) is 39.0. The van der Waals surface area contributed by atoms with E-state index in [4.69, 9.17) is 15.0 Å². The molecule has 2 aromatic rings. The van der Waals surface area contributed by atoms with E-state index in [1.807, 2.05) is 0 Å². The molecule has 82 heavy (non-hydrogen) atoms. The highest BCUT2D eigenvalue weighted by atomic mass is 16.7. The third-order valence-corrected chi connectivity index (χ3v) is 15.9. The predicted octanol–water partition coefficient (Wildman–Crippen LogP) is -1.88. The number of aliphatic hydroxyl groups is 6. The summed E-state index contributed by atoms with van der Waals surface area (Å²) in [6.07, 6.45) is -8.17. The maximum Gasteiger partial charge on any atom is 0.494 e. The van der Waals surface area contributed by atoms with Gasteiger partial charge in [0.2, 0.25) is 47.3 Å². The summed E-state index contributed by atoms with van der Waals surface area (Å²) in [5, 5.41) is 89.8. The lowest BCUT2D eigenvalue weighted by molar-refractivity contribution is -0.148. The van der Waals surface area contributed by atoms with Crippen LogP contribution in [0.2, 0.25) is 0 Å². The SMILES string of the molecule is CCC(C)CC(C)CCCCCCCCC(=O)N[C@H]1C[C@@H](O)[C@@H](O)NC(=O)[C@@H]2[C@@H](O)CCN2C(=O)[C@H]([C@H](O)CC(N)=O)NC(=O)[C@H]([C@@H]2OB(c3ccccc3)O[C@@H]2c2ccc(O)cc2)NC(=O)[C@@H]2C[C@@H](O)CN2C(=O)[C@H]([C@@H](C)O)NC1=O. The number of carbonyl (C=O) groups excluding carboxylic acids is 8. The summed E-state index contributed by atoms with van der Waals surface area (Å²) in [6, 6.07) is 2.57. The lowest BCUT2D eigenvalue weighted by Crippen LogP contribution is -2.64. The van der Waals surface area contributed by atoms with Crippen LogP contribution < -0.4 is 37.8 Å². The Balaban J connectivity index is 1.34. The van der Waals surface area contributed by atoms with Gasteiger partial charge < -0.3 is 87.2 Å². The van der Waals surface area contributed by atoms with Crippen LogP contribution in [-0.4, -0.2) is 192 Å². The number of phenols is 1. The number of unbranched alkanes of at least 4 members (excludes halogenated alkanes) is 5. The summed E-state index contributed by atoms with van der Waals surface area (Å²) in [5.41, 5.74) is 6.21. The zero-order chi connectivity index (χ0) is 59.9. The standard InChI is InChI=1S/C56H83BN8O17/c1-5-30(2)25-31(3)15-11-8-6-7-9-14-18-43(73)59-37-27-41(71)52(76)63-54(78)47-39(69)23-24-64(47)56(80)45(40(70)28-42(58)72)61-53(77)46(62-51(75)38-26-36(68)29-65(38)55(79)44(32(4)66)60-50(37)74)49-48(33-19-21-35(67)22-20-33)81-57(82-49)34-16-12-10-13-17-34/h10,12-13,16-17,19-22,30-32,36-41,44-49,52,66-71,76H,5-9,11,14-15,18,23-29H2,1-4H3,(H2,58,72)(H,59,73)(H,60,74)(H,61,77)(H,62,75)(H,63,78)/t30?,31?,32-,36-,37+,38+,39+,40-,41-,44+,45+,46+,47+,48-,49+,52-/m1/s1. The number of hydrogen-bond donors (Lipinski definition) is 13. The lowest BCUT2D eigenvalue weighted by Gasteiger charge is -2.34. The average molecular weight is 1150 g/mol. The van der Waals surface area contributed by atoms with Gasteiger partial charge in [0.05, 0.1) is 36.9 Å². The lowest BCUT2D eigenvalue weighted by atomic mass is 9.79. The van der Waals surface area contributed by atoms with Crippen molar-refractivity contribution in [1.29, 1.82) is 0 Å². The van der Waals surface area contributed by atoms with E-state index in [1.165, 1.54) is 30.7 Å². The molecule has 452 valence electrons. The van der Waals surface area contributed by atoms with Gasteiger partial charge in [-0.1, -0.05) is 108 Å². The molecular formula is C56H83BN8O17. The topological polar surface area (TPSA) is 389 Å². The molecule has 4 saturated heterocycles. The van der Waals surface area contributed by atoms with Crippen molar-refractivity contribution in [2.45, 2.75) is 203 Å². The van der Waals surface area contributed by atoms with Crippen molar-refractivity contribution in [1.82, 2.24) is 36.4 Å². The third-order valence-electron chi connectivity index (χ3n) is 15.9. The van der Waals surface area contributed by atoms with Crippen molar-refractivity contribution in [2.24, 2.45) is 17.6 Å². The smallest absolute Gasteiger partial charge is 0.494 e. The van der Waals surface area contributed by atoms with Crippen LogP contribution >= 0.6 is 0 Å². The zero-order valence-electron chi connectivity index (χ0n) is 47.0. The Morgan fingerprint density at radius 1 is 0.744 bits per heavy atom. The van der Waals surface area contributed by atoms with Crippen molar-refractivity contribution < 1.29 is 83.4 Å². The number of nitrogens with two attached hydrogens (primary N) is 1. The van der Waals surface area contributed by atoms with Gasteiger partial charge >= 0.3 is 7.12 Å². The molecule has 4 fully saturated rings. The molecule has 0 saturated carbocycles. The summed E-state index contributed by atoms with van der Waals surface area (Å²) >= 11 is 0. The number of aromatic hydroxyl groups is 1. The van der Waals surface area contributed by atoms with E-state index in [0.29, 0.717) is 35.7 Å². The quantitative estimate of drug-likeness (QED) is 0.0510. The molecule has 8 amide bonds. The van der Waals surface area contributed by atoms with Crippen LogP contribution in [0.1, 0.15) is 129 Å². The number of fused-ring (bicyclic) bond motifs is 2. The fraction of sp³-hybridized carbons (Fsp3) is 0.643. The Labute approximate surface area is 477 Å². The number of nitrogens with zero attached hydrogens (tertiary/aromatic N) is 2. The van der Waals surface area contributed by atoms with Crippen molar-refractivity contribution in [3.05, 3.63) is 60.2 Å². The zero-order valence-corrected chi connectivity index (χ0v) is 47.0. The summed E-state index contributed by atoms with van der Waals surface area (Å²) < 4.78 is 12.8. The van der Waals surface area contributed by atoms with Crippen LogP contribution in [0.25, 0.3) is 0 Å². The second-order valence-corrected chi connectivity index (χ2v) is 22.5. The van der Waals surface area contributed by atoms with Gasteiger partial charge in [0.1, 0.15) is 54.2 Å². The van der Waals surface area contributed by atoms with Crippen molar-refractivity contribution in [2.75, 3.05) is 13.1 Å². The van der Waals surface area contributed by atoms with Gasteiger partial charge in [-0.3, -0.25) is 38.4 Å². The Bertz CT molecular complexity index is 2500. The Morgan fingerprint density at radius 2 is 1.39 bits per heavy atom. The van der Waals surface area contributed by atoms with Gasteiger partial charge in [0.15, 0.2) is 6.23 Å². The number of aliphatic hydroxyl groups excluding tert-OH is 6. The number of nitrogens with one attached hydrogen (secondary N) is 5. The van der Waals surface area contributed by atoms with Gasteiger partial charge in [-0.25, -0.2) is 0 Å². The minimum Gasteiger partial charge on any atom is -0.508 e. The summed E-state index contributed by atoms with van der Waals surface area (Å²) in [7, 11) is -1.25. The Morgan fingerprint density at radius 3 is 2.05 bits per heavy atom. The summed E-state index contributed by atoms with van der Waals surface area (Å²) in [5.74, 6) is -7.79. The van der Waals surface area contributed by atoms with E-state index in [2.05, 4.69) is 47.4 Å². The average Bonchev–Trinajstić information content (AvgIpc) is 4.23. The molecule has 14 N–H and O–H groups in total. The van der Waals surface area contributed by atoms with Crippen LogP contribution in [0.4, 0.5) is 0 Å². The summed E-state index contributed by atoms with van der Waals surface area (Å²) in [4.78, 5) is 115. The number of phenolic OH excluding ortho intramolecular Hbond substituents is 1. The van der Waals surface area contributed by atoms with E-state index in [1.54, 1.807) is 30.3 Å². The fourth-order valence-electron chi connectivity index (χ4n) is 11.1. The number of carbonyl (C=O) groups is 8. The molecule has 6 rings (SSSR count). The maximum atomic E-state index is 15.1. The number of rotatable bonds is 20. The molecule has 4 aliphatic heterocycles. The van der Waals surface area contributed by atoms with Crippen LogP contribution in [0.15, 0.2) is 54.6 Å². The molecule has 2 unspecified atom stereocenters. The first kappa shape index (κ1) is 64.9. The van der Waals surface area contributed by atoms with Gasteiger partial charge in [0, 0.05) is 32.4 Å². The molecule has 0 radical (unpaired) electrons. The Kier molecular flexibility index (Phi) is 24.0. The molecule has 2 aromatic carbocycles. The Hall–Kier alpha value is -6.26. The molecule has 0 bridgehead atoms. The predicted molar refractivity (Wildman–Crippen MR) is 295 cm³/mol. The van der Waals surface area contributed by atoms with Crippen molar-refractivity contribution >= 4 is 59.8 Å². The molecule has 26 heteroatoms. The van der Waals surface area contributed by atoms with Crippen molar-refractivity contribution in [3.8, 4) is 5.75 Å². The van der Waals surface area contributed by atoms with E-state index < -0.39 is 172 Å². The molecule has 4 aliphatic rings. The molecule has 4 heterocycles. The van der Waals surface area contributed by atoms with Gasteiger partial charge in [-0.05, 0) is 61.2 Å². The highest BCUT2D eigenvalue weighted by molar-refractivity contribution is 6.61. The number of primary amides is 1. The summed E-state index contributed by atoms with van der Waals surface area (Å²) in [6.45, 7) is 6.92. The maximum absolute atomic E-state index is 15.1. The highest BCUT2D eigenvalue weighted by Gasteiger charge is 2.52. The van der Waals surface area contributed by atoms with E-state index in [-0.39, 0.29) is 18.6 Å². The highest BCUT2D eigenvalue weighted by Crippen LogP contribution is 2.35. The number of amides is 8. The first-order valence-corrected chi connectivity index (χ1v) is 28.6. The largest absolute Gasteiger partial charge is 0.508 e. The minimum absolute atomic E-state index is 0.0656. The normalized spacial score (nSPS) is 29.5. The van der Waals surface area contributed by atoms with Crippen LogP contribution in [0.5, 0.6) is 5.75 Å². The second-order valence-electron chi connectivity index (χ2n) is 22.5. The van der Waals surface area contributed by atoms with E-state index >= 15 is 4.79 Å². The minimum atomic E-state index is -2.26. The number of benzene rings is 2. The van der Waals surface area contributed by atoms with Gasteiger partial charge in [-0.15, -0.1) is 0 Å². The first-order valence-electron chi connectivity index (χ1n) is 28.6. The molecule has 16 atom stereocenters. The molecule has 0 aromatic heterocycles. The molecule has 0 aliphatic carbocycles. The monoisotopic (exact) mass is 1150 g/mol. The van der Waals surface area contributed by atoms with Gasteiger partial charge in [-0.2, -0.15) is 0 Å². The third kappa shape index (κ3) is 17.4. The molecule has 25 nitrogen and oxygen atoms in total. The fourth-order valence-corrected chi connectivity index (χ4v) is 11.1. The van der Waals surface area contributed by atoms with Gasteiger partial charge in [0.25, 0.3) is 0 Å². The second kappa shape index (κ2) is 30.3. The van der Waals surface area contributed by atoms with Crippen LogP contribution in [0.3, 0.4) is 0 Å². The van der Waals surface area contributed by atoms with Crippen LogP contribution in [-0.2, 0) is 47.7 Å². The molecule has 0 spiro atoms.